The molecule has 0 heterocycles. The topological polar surface area (TPSA) is 52.3 Å². The predicted octanol–water partition coefficient (Wildman–Crippen LogP) is 2.27. The molecule has 0 spiro atoms. The second-order valence-electron chi connectivity index (χ2n) is 3.04. The minimum atomic E-state index is 0.247. The maximum atomic E-state index is 10.8. The van der Waals surface area contributed by atoms with Crippen LogP contribution in [0.2, 0.25) is 0 Å². The first kappa shape index (κ1) is 12.6. The standard InChI is InChI=1S/C12H15NO2S/c1-3-16-12(10(13)8-14)9-6-4-5-7-11(9)15-2/h4-8H,3,13H2,1-2H3/b12-10-. The molecule has 0 saturated heterocycles. The molecule has 0 fully saturated rings. The molecule has 4 heteroatoms. The van der Waals surface area contributed by atoms with Crippen LogP contribution >= 0.6 is 11.8 Å². The van der Waals surface area contributed by atoms with Gasteiger partial charge in [-0.25, -0.2) is 0 Å². The van der Waals surface area contributed by atoms with Crippen LogP contribution in [0.4, 0.5) is 0 Å². The van der Waals surface area contributed by atoms with Crippen molar-refractivity contribution in [1.82, 2.24) is 0 Å². The normalized spacial score (nSPS) is 11.9. The van der Waals surface area contributed by atoms with Crippen LogP contribution in [0.1, 0.15) is 12.5 Å². The Balaban J connectivity index is 3.26. The number of thioether (sulfide) groups is 1. The largest absolute Gasteiger partial charge is 0.496 e. The number of nitrogens with two attached hydrogens (primary N) is 1. The van der Waals surface area contributed by atoms with Gasteiger partial charge in [-0.3, -0.25) is 4.79 Å². The molecular weight excluding hydrogens is 222 g/mol. The summed E-state index contributed by atoms with van der Waals surface area (Å²) in [6.07, 6.45) is 0.671. The molecule has 0 aliphatic heterocycles. The van der Waals surface area contributed by atoms with Crippen LogP contribution in [-0.2, 0) is 4.79 Å². The van der Waals surface area contributed by atoms with Crippen LogP contribution in [0, 0.1) is 0 Å². The van der Waals surface area contributed by atoms with Crippen molar-refractivity contribution in [3.05, 3.63) is 35.5 Å². The highest BCUT2D eigenvalue weighted by molar-refractivity contribution is 8.08. The summed E-state index contributed by atoms with van der Waals surface area (Å²) in [5.74, 6) is 1.57. The molecule has 16 heavy (non-hydrogen) atoms. The lowest BCUT2D eigenvalue weighted by molar-refractivity contribution is -0.104. The maximum absolute atomic E-state index is 10.8. The summed E-state index contributed by atoms with van der Waals surface area (Å²) < 4.78 is 5.25. The SMILES string of the molecule is CCS/C(=C(\N)C=O)c1ccccc1OC. The number of para-hydroxylation sites is 1. The number of benzene rings is 1. The molecule has 0 aliphatic rings. The molecule has 0 amide bonds. The Hall–Kier alpha value is -1.42. The first-order valence-corrected chi connectivity index (χ1v) is 5.94. The molecule has 0 atom stereocenters. The molecule has 0 radical (unpaired) electrons. The Morgan fingerprint density at radius 1 is 1.50 bits per heavy atom. The number of hydrogen-bond donors (Lipinski definition) is 1. The number of methoxy groups -OCH3 is 1. The summed E-state index contributed by atoms with van der Waals surface area (Å²) in [4.78, 5) is 11.5. The van der Waals surface area contributed by atoms with Crippen molar-refractivity contribution in [2.45, 2.75) is 6.92 Å². The third kappa shape index (κ3) is 2.79. The van der Waals surface area contributed by atoms with Crippen LogP contribution in [0.5, 0.6) is 5.75 Å². The average Bonchev–Trinajstić information content (AvgIpc) is 2.35. The molecule has 0 aromatic heterocycles. The Morgan fingerprint density at radius 3 is 2.75 bits per heavy atom. The van der Waals surface area contributed by atoms with Gasteiger partial charge in [0.25, 0.3) is 0 Å². The van der Waals surface area contributed by atoms with E-state index in [4.69, 9.17) is 10.5 Å². The highest BCUT2D eigenvalue weighted by Gasteiger charge is 2.11. The Labute approximate surface area is 99.7 Å². The Kier molecular flexibility index (Phi) is 4.92. The van der Waals surface area contributed by atoms with Gasteiger partial charge in [0, 0.05) is 10.5 Å². The van der Waals surface area contributed by atoms with Crippen LogP contribution < -0.4 is 10.5 Å². The molecule has 0 saturated carbocycles. The van der Waals surface area contributed by atoms with Crippen molar-refractivity contribution in [3.8, 4) is 5.75 Å². The van der Waals surface area contributed by atoms with Gasteiger partial charge in [-0.2, -0.15) is 0 Å². The van der Waals surface area contributed by atoms with E-state index in [-0.39, 0.29) is 5.70 Å². The van der Waals surface area contributed by atoms with E-state index in [1.165, 1.54) is 11.8 Å². The Bertz CT molecular complexity index is 402. The number of hydrogen-bond acceptors (Lipinski definition) is 4. The fourth-order valence-corrected chi connectivity index (χ4v) is 2.17. The number of aldehydes is 1. The van der Waals surface area contributed by atoms with E-state index >= 15 is 0 Å². The maximum Gasteiger partial charge on any atom is 0.166 e. The lowest BCUT2D eigenvalue weighted by atomic mass is 10.1. The summed E-state index contributed by atoms with van der Waals surface area (Å²) in [6, 6.07) is 7.52. The quantitative estimate of drug-likeness (QED) is 0.630. The molecule has 1 aromatic carbocycles. The first-order valence-electron chi connectivity index (χ1n) is 4.95. The van der Waals surface area contributed by atoms with Crippen LogP contribution in [0.25, 0.3) is 4.91 Å². The molecule has 0 unspecified atom stereocenters. The van der Waals surface area contributed by atoms with E-state index < -0.39 is 0 Å². The van der Waals surface area contributed by atoms with Crippen LogP contribution in [0.15, 0.2) is 30.0 Å². The number of carbonyl (C=O) groups excluding carboxylic acids is 1. The summed E-state index contributed by atoms with van der Waals surface area (Å²) >= 11 is 1.54. The molecule has 3 nitrogen and oxygen atoms in total. The molecule has 2 N–H and O–H groups in total. The van der Waals surface area contributed by atoms with Gasteiger partial charge in [0.15, 0.2) is 6.29 Å². The van der Waals surface area contributed by atoms with Gasteiger partial charge in [-0.05, 0) is 11.8 Å². The van der Waals surface area contributed by atoms with E-state index in [9.17, 15) is 4.79 Å². The average molecular weight is 237 g/mol. The van der Waals surface area contributed by atoms with E-state index in [1.54, 1.807) is 7.11 Å². The highest BCUT2D eigenvalue weighted by atomic mass is 32.2. The lowest BCUT2D eigenvalue weighted by Gasteiger charge is -2.11. The van der Waals surface area contributed by atoms with Crippen molar-refractivity contribution < 1.29 is 9.53 Å². The second kappa shape index (κ2) is 6.23. The summed E-state index contributed by atoms with van der Waals surface area (Å²) in [5.41, 5.74) is 6.80. The van der Waals surface area contributed by atoms with Crippen molar-refractivity contribution >= 4 is 23.0 Å². The first-order chi connectivity index (χ1) is 7.74. The van der Waals surface area contributed by atoms with E-state index in [0.29, 0.717) is 6.29 Å². The lowest BCUT2D eigenvalue weighted by Crippen LogP contribution is -2.03. The predicted molar refractivity (Wildman–Crippen MR) is 68.3 cm³/mol. The van der Waals surface area contributed by atoms with Crippen LogP contribution in [-0.4, -0.2) is 19.1 Å². The van der Waals surface area contributed by atoms with Gasteiger partial charge in [-0.1, -0.05) is 25.1 Å². The van der Waals surface area contributed by atoms with E-state index in [0.717, 1.165) is 22.0 Å². The summed E-state index contributed by atoms with van der Waals surface area (Å²) in [5, 5.41) is 0. The Morgan fingerprint density at radius 2 is 2.19 bits per heavy atom. The zero-order chi connectivity index (χ0) is 12.0. The minimum Gasteiger partial charge on any atom is -0.496 e. The number of allylic oxidation sites excluding steroid dienone is 1. The highest BCUT2D eigenvalue weighted by Crippen LogP contribution is 2.34. The number of rotatable bonds is 5. The molecule has 86 valence electrons. The van der Waals surface area contributed by atoms with Gasteiger partial charge in [-0.15, -0.1) is 11.8 Å². The van der Waals surface area contributed by atoms with Crippen molar-refractivity contribution in [3.63, 3.8) is 0 Å². The zero-order valence-electron chi connectivity index (χ0n) is 9.40. The van der Waals surface area contributed by atoms with Gasteiger partial charge in [0.2, 0.25) is 0 Å². The van der Waals surface area contributed by atoms with Crippen LogP contribution in [0.3, 0.4) is 0 Å². The van der Waals surface area contributed by atoms with Crippen molar-refractivity contribution in [1.29, 1.82) is 0 Å². The van der Waals surface area contributed by atoms with Crippen molar-refractivity contribution in [2.24, 2.45) is 5.73 Å². The summed E-state index contributed by atoms with van der Waals surface area (Å²) in [6.45, 7) is 2.01. The van der Waals surface area contributed by atoms with Gasteiger partial charge in [0.1, 0.15) is 5.75 Å². The fraction of sp³-hybridized carbons (Fsp3) is 0.250. The van der Waals surface area contributed by atoms with Gasteiger partial charge in [0.05, 0.1) is 12.8 Å². The number of carbonyl (C=O) groups is 1. The molecule has 0 bridgehead atoms. The third-order valence-electron chi connectivity index (χ3n) is 2.03. The third-order valence-corrected chi connectivity index (χ3v) is 3.06. The summed E-state index contributed by atoms with van der Waals surface area (Å²) in [7, 11) is 1.60. The molecular formula is C12H15NO2S. The van der Waals surface area contributed by atoms with E-state index in [2.05, 4.69) is 0 Å². The fourth-order valence-electron chi connectivity index (χ4n) is 1.35. The number of ether oxygens (including phenoxy) is 1. The monoisotopic (exact) mass is 237 g/mol. The molecule has 1 aromatic rings. The zero-order valence-corrected chi connectivity index (χ0v) is 10.2. The molecule has 0 aliphatic carbocycles. The van der Waals surface area contributed by atoms with Gasteiger partial charge >= 0.3 is 0 Å². The van der Waals surface area contributed by atoms with Gasteiger partial charge < -0.3 is 10.5 Å². The van der Waals surface area contributed by atoms with E-state index in [1.807, 2.05) is 31.2 Å². The molecule has 1 rings (SSSR count). The second-order valence-corrected chi connectivity index (χ2v) is 4.31. The van der Waals surface area contributed by atoms with Crippen molar-refractivity contribution in [2.75, 3.05) is 12.9 Å². The minimum absolute atomic E-state index is 0.247. The smallest absolute Gasteiger partial charge is 0.166 e.